The summed E-state index contributed by atoms with van der Waals surface area (Å²) in [7, 11) is 0. The van der Waals surface area contributed by atoms with Crippen molar-refractivity contribution in [1.82, 2.24) is 19.4 Å². The molecule has 1 aromatic carbocycles. The number of nitrogens with zero attached hydrogens (tertiary/aromatic N) is 4. The van der Waals surface area contributed by atoms with E-state index in [4.69, 9.17) is 9.72 Å². The zero-order chi connectivity index (χ0) is 22.8. The van der Waals surface area contributed by atoms with Gasteiger partial charge in [-0.15, -0.1) is 0 Å². The van der Waals surface area contributed by atoms with Crippen LogP contribution in [0.3, 0.4) is 0 Å². The molecule has 5 rings (SSSR count). The Kier molecular flexibility index (Phi) is 6.03. The number of morpholine rings is 1. The number of rotatable bonds is 8. The lowest BCUT2D eigenvalue weighted by Gasteiger charge is -2.44. The van der Waals surface area contributed by atoms with Gasteiger partial charge in [-0.25, -0.2) is 4.98 Å². The lowest BCUT2D eigenvalue weighted by atomic mass is 9.63. The van der Waals surface area contributed by atoms with Crippen LogP contribution in [0.25, 0.3) is 11.0 Å². The molecule has 8 nitrogen and oxygen atoms in total. The highest BCUT2D eigenvalue weighted by atomic mass is 16.5. The van der Waals surface area contributed by atoms with Crippen molar-refractivity contribution in [2.45, 2.75) is 45.2 Å². The molecule has 3 heterocycles. The monoisotopic (exact) mass is 449 g/mol. The fraction of sp³-hybridized carbons (Fsp3) is 0.480. The summed E-state index contributed by atoms with van der Waals surface area (Å²) >= 11 is 0. The van der Waals surface area contributed by atoms with Gasteiger partial charge in [0.1, 0.15) is 5.65 Å². The van der Waals surface area contributed by atoms with Crippen LogP contribution in [0.4, 0.5) is 11.6 Å². The number of carbonyl (C=O) groups is 1. The van der Waals surface area contributed by atoms with Gasteiger partial charge < -0.3 is 19.7 Å². The van der Waals surface area contributed by atoms with Crippen LogP contribution >= 0.6 is 0 Å². The van der Waals surface area contributed by atoms with Crippen LogP contribution in [0.5, 0.6) is 0 Å². The third-order valence-corrected chi connectivity index (χ3v) is 7.18. The molecule has 1 saturated heterocycles. The van der Waals surface area contributed by atoms with Crippen molar-refractivity contribution in [2.24, 2.45) is 5.41 Å². The Morgan fingerprint density at radius 1 is 1.27 bits per heavy atom. The van der Waals surface area contributed by atoms with Crippen molar-refractivity contribution >= 4 is 28.6 Å². The SMILES string of the molecule is CCC(n1ccc2cnc(Nc3cccc(CN4CCOCC4)c3)nc21)C1(C(=O)O)CCC1. The maximum absolute atomic E-state index is 12.1. The lowest BCUT2D eigenvalue weighted by Crippen LogP contribution is -2.45. The number of ether oxygens (including phenoxy) is 1. The van der Waals surface area contributed by atoms with E-state index in [1.807, 2.05) is 29.0 Å². The van der Waals surface area contributed by atoms with Gasteiger partial charge in [-0.1, -0.05) is 25.5 Å². The van der Waals surface area contributed by atoms with E-state index in [9.17, 15) is 9.90 Å². The first-order chi connectivity index (χ1) is 16.1. The molecular weight excluding hydrogens is 418 g/mol. The van der Waals surface area contributed by atoms with E-state index >= 15 is 0 Å². The summed E-state index contributed by atoms with van der Waals surface area (Å²) < 4.78 is 7.49. The van der Waals surface area contributed by atoms with Crippen LogP contribution in [0.1, 0.15) is 44.2 Å². The Bertz CT molecular complexity index is 1130. The van der Waals surface area contributed by atoms with Gasteiger partial charge in [0.2, 0.25) is 5.95 Å². The van der Waals surface area contributed by atoms with Gasteiger partial charge in [-0.2, -0.15) is 4.98 Å². The molecule has 0 bridgehead atoms. The molecule has 2 N–H and O–H groups in total. The number of hydrogen-bond donors (Lipinski definition) is 2. The Morgan fingerprint density at radius 3 is 2.79 bits per heavy atom. The number of nitrogens with one attached hydrogen (secondary N) is 1. The standard InChI is InChI=1S/C25H31N5O3/c1-2-21(25(23(31)32)8-4-9-25)30-10-7-19-16-26-24(28-22(19)30)27-20-6-3-5-18(15-20)17-29-11-13-33-14-12-29/h3,5-7,10,15-16,21H,2,4,8-9,11-14,17H2,1H3,(H,31,32)(H,26,27,28). The smallest absolute Gasteiger partial charge is 0.311 e. The molecule has 1 atom stereocenters. The van der Waals surface area contributed by atoms with Crippen LogP contribution < -0.4 is 5.32 Å². The number of carboxylic acid groups (broad SMARTS) is 1. The lowest BCUT2D eigenvalue weighted by molar-refractivity contribution is -0.159. The van der Waals surface area contributed by atoms with E-state index in [0.29, 0.717) is 18.8 Å². The highest BCUT2D eigenvalue weighted by Crippen LogP contribution is 2.51. The largest absolute Gasteiger partial charge is 0.481 e. The average molecular weight is 450 g/mol. The van der Waals surface area contributed by atoms with E-state index < -0.39 is 11.4 Å². The van der Waals surface area contributed by atoms with Crippen LogP contribution in [-0.4, -0.2) is 56.8 Å². The third kappa shape index (κ3) is 4.20. The Labute approximate surface area is 193 Å². The number of benzene rings is 1. The Morgan fingerprint density at radius 2 is 2.09 bits per heavy atom. The summed E-state index contributed by atoms with van der Waals surface area (Å²) in [5, 5.41) is 14.2. The maximum atomic E-state index is 12.1. The maximum Gasteiger partial charge on any atom is 0.311 e. The van der Waals surface area contributed by atoms with Gasteiger partial charge in [0.25, 0.3) is 0 Å². The molecule has 1 saturated carbocycles. The van der Waals surface area contributed by atoms with E-state index in [2.05, 4.69) is 34.3 Å². The predicted octanol–water partition coefficient (Wildman–Crippen LogP) is 4.21. The van der Waals surface area contributed by atoms with E-state index in [0.717, 1.165) is 62.4 Å². The van der Waals surface area contributed by atoms with Crippen LogP contribution in [-0.2, 0) is 16.1 Å². The van der Waals surface area contributed by atoms with Crippen LogP contribution in [0, 0.1) is 5.41 Å². The van der Waals surface area contributed by atoms with Gasteiger partial charge in [0, 0.05) is 43.1 Å². The number of anilines is 2. The number of hydrogen-bond acceptors (Lipinski definition) is 6. The molecule has 1 aliphatic carbocycles. The molecule has 8 heteroatoms. The molecule has 1 aliphatic heterocycles. The minimum atomic E-state index is -0.702. The second-order valence-corrected chi connectivity index (χ2v) is 9.15. The summed E-state index contributed by atoms with van der Waals surface area (Å²) in [6.07, 6.45) is 6.90. The van der Waals surface area contributed by atoms with Crippen LogP contribution in [0.2, 0.25) is 0 Å². The van der Waals surface area contributed by atoms with Crippen molar-refractivity contribution in [1.29, 1.82) is 0 Å². The van der Waals surface area contributed by atoms with Crippen molar-refractivity contribution in [3.05, 3.63) is 48.3 Å². The molecule has 0 radical (unpaired) electrons. The fourth-order valence-corrected chi connectivity index (χ4v) is 5.24. The quantitative estimate of drug-likeness (QED) is 0.532. The molecular formula is C25H31N5O3. The number of aromatic nitrogens is 3. The number of aliphatic carboxylic acids is 1. The van der Waals surface area contributed by atoms with E-state index in [1.54, 1.807) is 6.20 Å². The van der Waals surface area contributed by atoms with Gasteiger partial charge in [0.15, 0.2) is 0 Å². The summed E-state index contributed by atoms with van der Waals surface area (Å²) in [5.41, 5.74) is 2.24. The average Bonchev–Trinajstić information content (AvgIpc) is 3.19. The zero-order valence-electron chi connectivity index (χ0n) is 19.0. The van der Waals surface area contributed by atoms with Crippen molar-refractivity contribution in [3.63, 3.8) is 0 Å². The highest BCUT2D eigenvalue weighted by Gasteiger charge is 2.51. The van der Waals surface area contributed by atoms with Crippen LogP contribution in [0.15, 0.2) is 42.7 Å². The summed E-state index contributed by atoms with van der Waals surface area (Å²) in [6.45, 7) is 6.41. The van der Waals surface area contributed by atoms with Crippen molar-refractivity contribution in [2.75, 3.05) is 31.6 Å². The summed E-state index contributed by atoms with van der Waals surface area (Å²) in [4.78, 5) is 23.8. The molecule has 0 spiro atoms. The minimum absolute atomic E-state index is 0.124. The second-order valence-electron chi connectivity index (χ2n) is 9.15. The molecule has 3 aromatic rings. The number of fused-ring (bicyclic) bond motifs is 1. The molecule has 33 heavy (non-hydrogen) atoms. The number of carboxylic acids is 1. The van der Waals surface area contributed by atoms with Crippen molar-refractivity contribution in [3.8, 4) is 0 Å². The topological polar surface area (TPSA) is 92.5 Å². The van der Waals surface area contributed by atoms with Crippen molar-refractivity contribution < 1.29 is 14.6 Å². The molecule has 0 amide bonds. The van der Waals surface area contributed by atoms with Gasteiger partial charge in [-0.05, 0) is 43.0 Å². The minimum Gasteiger partial charge on any atom is -0.481 e. The molecule has 2 aromatic heterocycles. The highest BCUT2D eigenvalue weighted by molar-refractivity contribution is 5.79. The molecule has 2 aliphatic rings. The first-order valence-electron chi connectivity index (χ1n) is 11.8. The Balaban J connectivity index is 1.39. The second kappa shape index (κ2) is 9.11. The van der Waals surface area contributed by atoms with Gasteiger partial charge in [-0.3, -0.25) is 9.69 Å². The van der Waals surface area contributed by atoms with Gasteiger partial charge in [0.05, 0.1) is 24.7 Å². The summed E-state index contributed by atoms with van der Waals surface area (Å²) in [6, 6.07) is 10.2. The zero-order valence-corrected chi connectivity index (χ0v) is 19.0. The first kappa shape index (κ1) is 21.9. The third-order valence-electron chi connectivity index (χ3n) is 7.18. The normalized spacial score (nSPS) is 19.2. The first-order valence-corrected chi connectivity index (χ1v) is 11.8. The van der Waals surface area contributed by atoms with Gasteiger partial charge >= 0.3 is 5.97 Å². The Hall–Kier alpha value is -2.97. The molecule has 174 valence electrons. The van der Waals surface area contributed by atoms with E-state index in [1.165, 1.54) is 5.56 Å². The predicted molar refractivity (Wildman–Crippen MR) is 127 cm³/mol. The summed E-state index contributed by atoms with van der Waals surface area (Å²) in [5.74, 6) is -0.189. The molecule has 1 unspecified atom stereocenters. The molecule has 2 fully saturated rings. The van der Waals surface area contributed by atoms with E-state index in [-0.39, 0.29) is 6.04 Å². The fourth-order valence-electron chi connectivity index (χ4n) is 5.24.